The third-order valence-electron chi connectivity index (χ3n) is 4.21. The Hall–Kier alpha value is -1.91. The molecule has 1 saturated carbocycles. The number of nitrogens with one attached hydrogen (secondary N) is 1. The molecule has 3 N–H and O–H groups in total. The van der Waals surface area contributed by atoms with Gasteiger partial charge < -0.3 is 4.74 Å². The van der Waals surface area contributed by atoms with Gasteiger partial charge in [0.25, 0.3) is 0 Å². The van der Waals surface area contributed by atoms with Crippen LogP contribution in [0.25, 0.3) is 0 Å². The predicted molar refractivity (Wildman–Crippen MR) is 80.3 cm³/mol. The maximum absolute atomic E-state index is 13.5. The predicted octanol–water partition coefficient (Wildman–Crippen LogP) is 3.14. The van der Waals surface area contributed by atoms with Crippen molar-refractivity contribution in [2.45, 2.75) is 18.4 Å². The van der Waals surface area contributed by atoms with E-state index >= 15 is 0 Å². The van der Waals surface area contributed by atoms with Crippen molar-refractivity contribution in [3.63, 3.8) is 0 Å². The number of hydrazine groups is 1. The Kier molecular flexibility index (Phi) is 3.90. The molecule has 0 bridgehead atoms. The van der Waals surface area contributed by atoms with Gasteiger partial charge in [0.1, 0.15) is 0 Å². The molecule has 3 unspecified atom stereocenters. The lowest BCUT2D eigenvalue weighted by molar-refractivity contribution is 0.383. The molecular weight excluding hydrogens is 267 g/mol. The van der Waals surface area contributed by atoms with Gasteiger partial charge >= 0.3 is 0 Å². The van der Waals surface area contributed by atoms with Crippen LogP contribution in [0.5, 0.6) is 5.75 Å². The molecule has 1 fully saturated rings. The van der Waals surface area contributed by atoms with Crippen molar-refractivity contribution in [1.29, 1.82) is 0 Å². The van der Waals surface area contributed by atoms with E-state index < -0.39 is 0 Å². The van der Waals surface area contributed by atoms with E-state index in [1.165, 1.54) is 18.7 Å². The lowest BCUT2D eigenvalue weighted by Gasteiger charge is -2.17. The first kappa shape index (κ1) is 14.0. The fourth-order valence-electron chi connectivity index (χ4n) is 3.00. The molecular formula is C17H19FN2O. The molecule has 3 nitrogen and oxygen atoms in total. The van der Waals surface area contributed by atoms with Crippen molar-refractivity contribution in [3.8, 4) is 5.75 Å². The maximum Gasteiger partial charge on any atom is 0.165 e. The zero-order valence-electron chi connectivity index (χ0n) is 11.9. The minimum absolute atomic E-state index is 0.00436. The van der Waals surface area contributed by atoms with Crippen molar-refractivity contribution < 1.29 is 9.13 Å². The van der Waals surface area contributed by atoms with Crippen LogP contribution in [0.1, 0.15) is 29.5 Å². The summed E-state index contributed by atoms with van der Waals surface area (Å²) >= 11 is 0. The first-order chi connectivity index (χ1) is 10.2. The van der Waals surface area contributed by atoms with Crippen molar-refractivity contribution in [1.82, 2.24) is 5.43 Å². The molecule has 3 atom stereocenters. The summed E-state index contributed by atoms with van der Waals surface area (Å²) in [5, 5.41) is 0. The van der Waals surface area contributed by atoms with E-state index in [0.717, 1.165) is 12.0 Å². The van der Waals surface area contributed by atoms with Crippen molar-refractivity contribution in [3.05, 3.63) is 65.5 Å². The van der Waals surface area contributed by atoms with Gasteiger partial charge in [-0.2, -0.15) is 0 Å². The van der Waals surface area contributed by atoms with Gasteiger partial charge in [0.15, 0.2) is 11.6 Å². The van der Waals surface area contributed by atoms with Crippen LogP contribution in [-0.4, -0.2) is 7.11 Å². The number of nitrogens with two attached hydrogens (primary N) is 1. The summed E-state index contributed by atoms with van der Waals surface area (Å²) in [5.41, 5.74) is 5.16. The van der Waals surface area contributed by atoms with Crippen LogP contribution < -0.4 is 16.0 Å². The Morgan fingerprint density at radius 3 is 2.67 bits per heavy atom. The van der Waals surface area contributed by atoms with Gasteiger partial charge in [-0.05, 0) is 41.5 Å². The van der Waals surface area contributed by atoms with Crippen molar-refractivity contribution >= 4 is 0 Å². The standard InChI is InChI=1S/C17H19FN2O/c1-21-16-9-12(7-8-15(16)18)17(20-19)14-10-13(14)11-5-3-2-4-6-11/h2-9,13-14,17,20H,10,19H2,1H3. The van der Waals surface area contributed by atoms with E-state index in [0.29, 0.717) is 11.8 Å². The fraction of sp³-hybridized carbons (Fsp3) is 0.294. The molecule has 0 amide bonds. The minimum atomic E-state index is -0.354. The highest BCUT2D eigenvalue weighted by molar-refractivity contribution is 5.35. The van der Waals surface area contributed by atoms with Gasteiger partial charge in [-0.1, -0.05) is 36.4 Å². The Balaban J connectivity index is 1.81. The largest absolute Gasteiger partial charge is 0.494 e. The SMILES string of the molecule is COc1cc(C(NN)C2CC2c2ccccc2)ccc1F. The lowest BCUT2D eigenvalue weighted by atomic mass is 9.99. The second kappa shape index (κ2) is 5.84. The molecule has 1 aliphatic carbocycles. The Morgan fingerprint density at radius 1 is 1.24 bits per heavy atom. The topological polar surface area (TPSA) is 47.3 Å². The summed E-state index contributed by atoms with van der Waals surface area (Å²) in [5.74, 6) is 6.56. The number of rotatable bonds is 5. The van der Waals surface area contributed by atoms with Crippen LogP contribution in [0.2, 0.25) is 0 Å². The number of methoxy groups -OCH3 is 1. The summed E-state index contributed by atoms with van der Waals surface area (Å²) in [6, 6.07) is 15.3. The lowest BCUT2D eigenvalue weighted by Crippen LogP contribution is -2.30. The molecule has 0 saturated heterocycles. The summed E-state index contributed by atoms with van der Waals surface area (Å²) < 4.78 is 18.6. The van der Waals surface area contributed by atoms with Gasteiger partial charge in [0.05, 0.1) is 7.11 Å². The molecule has 2 aromatic rings. The Morgan fingerprint density at radius 2 is 2.00 bits per heavy atom. The van der Waals surface area contributed by atoms with E-state index in [-0.39, 0.29) is 17.6 Å². The fourth-order valence-corrected chi connectivity index (χ4v) is 3.00. The summed E-state index contributed by atoms with van der Waals surface area (Å²) in [7, 11) is 1.47. The maximum atomic E-state index is 13.5. The molecule has 2 aromatic carbocycles. The van der Waals surface area contributed by atoms with Gasteiger partial charge in [-0.15, -0.1) is 0 Å². The Bertz CT molecular complexity index is 617. The average Bonchev–Trinajstić information content (AvgIpc) is 3.31. The van der Waals surface area contributed by atoms with Crippen LogP contribution in [0.3, 0.4) is 0 Å². The van der Waals surface area contributed by atoms with Crippen LogP contribution >= 0.6 is 0 Å². The van der Waals surface area contributed by atoms with E-state index in [9.17, 15) is 4.39 Å². The molecule has 4 heteroatoms. The molecule has 0 heterocycles. The molecule has 3 rings (SSSR count). The van der Waals surface area contributed by atoms with Crippen LogP contribution in [-0.2, 0) is 0 Å². The molecule has 0 aliphatic heterocycles. The second-order valence-electron chi connectivity index (χ2n) is 5.46. The zero-order chi connectivity index (χ0) is 14.8. The molecule has 0 radical (unpaired) electrons. The summed E-state index contributed by atoms with van der Waals surface area (Å²) in [6.45, 7) is 0. The molecule has 0 spiro atoms. The number of halogens is 1. The smallest absolute Gasteiger partial charge is 0.165 e. The quantitative estimate of drug-likeness (QED) is 0.655. The molecule has 0 aromatic heterocycles. The van der Waals surface area contributed by atoms with E-state index in [1.807, 2.05) is 6.07 Å². The van der Waals surface area contributed by atoms with Crippen LogP contribution in [0, 0.1) is 11.7 Å². The van der Waals surface area contributed by atoms with E-state index in [1.54, 1.807) is 12.1 Å². The monoisotopic (exact) mass is 286 g/mol. The number of benzene rings is 2. The summed E-state index contributed by atoms with van der Waals surface area (Å²) in [6.07, 6.45) is 1.08. The zero-order valence-corrected chi connectivity index (χ0v) is 11.9. The van der Waals surface area contributed by atoms with Gasteiger partial charge in [-0.3, -0.25) is 11.3 Å². The van der Waals surface area contributed by atoms with Crippen molar-refractivity contribution in [2.75, 3.05) is 7.11 Å². The van der Waals surface area contributed by atoms with E-state index in [4.69, 9.17) is 10.6 Å². The van der Waals surface area contributed by atoms with E-state index in [2.05, 4.69) is 29.7 Å². The molecule has 21 heavy (non-hydrogen) atoms. The highest BCUT2D eigenvalue weighted by Crippen LogP contribution is 2.54. The van der Waals surface area contributed by atoms with Gasteiger partial charge in [0, 0.05) is 6.04 Å². The minimum Gasteiger partial charge on any atom is -0.494 e. The van der Waals surface area contributed by atoms with Crippen LogP contribution in [0.4, 0.5) is 4.39 Å². The summed E-state index contributed by atoms with van der Waals surface area (Å²) in [4.78, 5) is 0. The first-order valence-corrected chi connectivity index (χ1v) is 7.09. The Labute approximate surface area is 123 Å². The van der Waals surface area contributed by atoms with Crippen molar-refractivity contribution in [2.24, 2.45) is 11.8 Å². The number of hydrogen-bond donors (Lipinski definition) is 2. The normalized spacial score (nSPS) is 21.9. The van der Waals surface area contributed by atoms with Crippen LogP contribution in [0.15, 0.2) is 48.5 Å². The second-order valence-corrected chi connectivity index (χ2v) is 5.46. The highest BCUT2D eigenvalue weighted by atomic mass is 19.1. The molecule has 110 valence electrons. The highest BCUT2D eigenvalue weighted by Gasteiger charge is 2.44. The molecule has 1 aliphatic rings. The third-order valence-corrected chi connectivity index (χ3v) is 4.21. The number of ether oxygens (including phenoxy) is 1. The van der Waals surface area contributed by atoms with Gasteiger partial charge in [0.2, 0.25) is 0 Å². The third kappa shape index (κ3) is 2.77. The number of hydrogen-bond acceptors (Lipinski definition) is 3. The first-order valence-electron chi connectivity index (χ1n) is 7.09. The van der Waals surface area contributed by atoms with Gasteiger partial charge in [-0.25, -0.2) is 4.39 Å². The average molecular weight is 286 g/mol.